The summed E-state index contributed by atoms with van der Waals surface area (Å²) in [6, 6.07) is 0.334. The highest BCUT2D eigenvalue weighted by molar-refractivity contribution is 14.1. The van der Waals surface area contributed by atoms with Gasteiger partial charge < -0.3 is 10.5 Å². The quantitative estimate of drug-likeness (QED) is 0.846. The molecule has 1 saturated heterocycles. The lowest BCUT2D eigenvalue weighted by Gasteiger charge is -2.19. The number of hydrogen-bond donors (Lipinski definition) is 1. The number of nitrogen functional groups attached to an aromatic ring is 1. The van der Waals surface area contributed by atoms with E-state index in [2.05, 4.69) is 34.6 Å². The first kappa shape index (κ1) is 10.2. The van der Waals surface area contributed by atoms with Crippen molar-refractivity contribution in [3.63, 3.8) is 0 Å². The topological polar surface area (TPSA) is 53.1 Å². The van der Waals surface area contributed by atoms with E-state index in [1.807, 2.05) is 10.9 Å². The fourth-order valence-electron chi connectivity index (χ4n) is 1.81. The molecule has 0 radical (unpaired) electrons. The van der Waals surface area contributed by atoms with E-state index in [9.17, 15) is 0 Å². The Bertz CT molecular complexity index is 320. The van der Waals surface area contributed by atoms with Gasteiger partial charge in [0.05, 0.1) is 22.4 Å². The second kappa shape index (κ2) is 4.06. The standard InChI is InChI=1S/C9H14IN3O/c1-6(7-2-3-14-5-7)13-9(11)8(10)4-12-13/h4,6-7H,2-3,5,11H2,1H3. The van der Waals surface area contributed by atoms with Crippen molar-refractivity contribution in [1.82, 2.24) is 9.78 Å². The van der Waals surface area contributed by atoms with Crippen molar-refractivity contribution in [2.24, 2.45) is 5.92 Å². The van der Waals surface area contributed by atoms with E-state index in [0.717, 1.165) is 29.0 Å². The van der Waals surface area contributed by atoms with Crippen molar-refractivity contribution in [1.29, 1.82) is 0 Å². The van der Waals surface area contributed by atoms with E-state index in [1.54, 1.807) is 0 Å². The molecule has 1 aromatic heterocycles. The third-order valence-corrected chi connectivity index (χ3v) is 3.65. The normalized spacial score (nSPS) is 24.0. The molecule has 1 aliphatic rings. The van der Waals surface area contributed by atoms with E-state index in [0.29, 0.717) is 12.0 Å². The molecule has 2 atom stereocenters. The molecule has 0 amide bonds. The average Bonchev–Trinajstić information content (AvgIpc) is 2.77. The molecule has 0 bridgehead atoms. The molecule has 1 fully saturated rings. The van der Waals surface area contributed by atoms with Gasteiger partial charge in [-0.25, -0.2) is 4.68 Å². The smallest absolute Gasteiger partial charge is 0.135 e. The first-order valence-electron chi connectivity index (χ1n) is 4.76. The largest absolute Gasteiger partial charge is 0.383 e. The molecule has 0 saturated carbocycles. The Morgan fingerprint density at radius 1 is 1.79 bits per heavy atom. The SMILES string of the molecule is CC(C1CCOC1)n1ncc(I)c1N. The zero-order valence-corrected chi connectivity index (χ0v) is 10.3. The van der Waals surface area contributed by atoms with Gasteiger partial charge in [0.2, 0.25) is 0 Å². The number of hydrogen-bond acceptors (Lipinski definition) is 3. The predicted molar refractivity (Wildman–Crippen MR) is 63.0 cm³/mol. The highest BCUT2D eigenvalue weighted by Gasteiger charge is 2.25. The summed E-state index contributed by atoms with van der Waals surface area (Å²) in [4.78, 5) is 0. The maximum absolute atomic E-state index is 5.92. The highest BCUT2D eigenvalue weighted by Crippen LogP contribution is 2.28. The Kier molecular flexibility index (Phi) is 2.96. The van der Waals surface area contributed by atoms with Gasteiger partial charge in [0.1, 0.15) is 5.82 Å². The minimum atomic E-state index is 0.334. The Morgan fingerprint density at radius 2 is 2.57 bits per heavy atom. The lowest BCUT2D eigenvalue weighted by atomic mass is 10.0. The van der Waals surface area contributed by atoms with Gasteiger partial charge in [-0.3, -0.25) is 0 Å². The monoisotopic (exact) mass is 307 g/mol. The molecule has 0 aromatic carbocycles. The number of aromatic nitrogens is 2. The van der Waals surface area contributed by atoms with Crippen LogP contribution in [0, 0.1) is 9.49 Å². The Hall–Kier alpha value is -0.300. The molecule has 2 heterocycles. The molecule has 4 nitrogen and oxygen atoms in total. The van der Waals surface area contributed by atoms with E-state index in [4.69, 9.17) is 10.5 Å². The van der Waals surface area contributed by atoms with Gasteiger partial charge in [0.25, 0.3) is 0 Å². The van der Waals surface area contributed by atoms with E-state index < -0.39 is 0 Å². The van der Waals surface area contributed by atoms with Crippen molar-refractivity contribution < 1.29 is 4.74 Å². The molecule has 2 rings (SSSR count). The molecular weight excluding hydrogens is 293 g/mol. The van der Waals surface area contributed by atoms with Crippen LogP contribution in [0.4, 0.5) is 5.82 Å². The lowest BCUT2D eigenvalue weighted by Crippen LogP contribution is -2.19. The van der Waals surface area contributed by atoms with Crippen LogP contribution in [0.3, 0.4) is 0 Å². The molecule has 2 unspecified atom stereocenters. The maximum atomic E-state index is 5.92. The minimum Gasteiger partial charge on any atom is -0.383 e. The summed E-state index contributed by atoms with van der Waals surface area (Å²) < 4.78 is 8.29. The molecule has 2 N–H and O–H groups in total. The number of nitrogens with two attached hydrogens (primary N) is 1. The van der Waals surface area contributed by atoms with Crippen LogP contribution in [0.15, 0.2) is 6.20 Å². The number of ether oxygens (including phenoxy) is 1. The third kappa shape index (κ3) is 1.75. The Morgan fingerprint density at radius 3 is 3.07 bits per heavy atom. The highest BCUT2D eigenvalue weighted by atomic mass is 127. The van der Waals surface area contributed by atoms with Crippen LogP contribution in [0.1, 0.15) is 19.4 Å². The lowest BCUT2D eigenvalue weighted by molar-refractivity contribution is 0.173. The molecular formula is C9H14IN3O. The van der Waals surface area contributed by atoms with Gasteiger partial charge in [0, 0.05) is 12.5 Å². The van der Waals surface area contributed by atoms with Gasteiger partial charge in [-0.05, 0) is 35.9 Å². The van der Waals surface area contributed by atoms with Crippen LogP contribution in [-0.2, 0) is 4.74 Å². The summed E-state index contributed by atoms with van der Waals surface area (Å²) in [5, 5.41) is 4.29. The number of nitrogens with zero attached hydrogens (tertiary/aromatic N) is 2. The van der Waals surface area contributed by atoms with Gasteiger partial charge >= 0.3 is 0 Å². The zero-order chi connectivity index (χ0) is 10.1. The van der Waals surface area contributed by atoms with Crippen LogP contribution in [0.25, 0.3) is 0 Å². The molecule has 1 aromatic rings. The molecule has 5 heteroatoms. The van der Waals surface area contributed by atoms with E-state index in [-0.39, 0.29) is 0 Å². The number of anilines is 1. The third-order valence-electron chi connectivity index (χ3n) is 2.82. The second-order valence-electron chi connectivity index (χ2n) is 3.69. The van der Waals surface area contributed by atoms with Crippen LogP contribution < -0.4 is 5.73 Å². The summed E-state index contributed by atoms with van der Waals surface area (Å²) in [6.07, 6.45) is 2.92. The number of halogens is 1. The first-order chi connectivity index (χ1) is 6.70. The van der Waals surface area contributed by atoms with Crippen molar-refractivity contribution in [3.8, 4) is 0 Å². The van der Waals surface area contributed by atoms with Crippen LogP contribution in [0.2, 0.25) is 0 Å². The zero-order valence-electron chi connectivity index (χ0n) is 8.11. The van der Waals surface area contributed by atoms with Crippen molar-refractivity contribution in [3.05, 3.63) is 9.77 Å². The first-order valence-corrected chi connectivity index (χ1v) is 5.84. The Balaban J connectivity index is 2.17. The fraction of sp³-hybridized carbons (Fsp3) is 0.667. The van der Waals surface area contributed by atoms with E-state index >= 15 is 0 Å². The van der Waals surface area contributed by atoms with Crippen LogP contribution in [0.5, 0.6) is 0 Å². The molecule has 14 heavy (non-hydrogen) atoms. The second-order valence-corrected chi connectivity index (χ2v) is 4.85. The van der Waals surface area contributed by atoms with Gasteiger partial charge in [-0.1, -0.05) is 0 Å². The molecule has 78 valence electrons. The maximum Gasteiger partial charge on any atom is 0.135 e. The summed E-state index contributed by atoms with van der Waals surface area (Å²) in [5.74, 6) is 1.32. The van der Waals surface area contributed by atoms with Crippen LogP contribution in [-0.4, -0.2) is 23.0 Å². The summed E-state index contributed by atoms with van der Waals surface area (Å²) in [7, 11) is 0. The summed E-state index contributed by atoms with van der Waals surface area (Å²) >= 11 is 2.20. The van der Waals surface area contributed by atoms with Gasteiger partial charge in [-0.15, -0.1) is 0 Å². The fourth-order valence-corrected chi connectivity index (χ4v) is 2.18. The van der Waals surface area contributed by atoms with Crippen LogP contribution >= 0.6 is 22.6 Å². The number of rotatable bonds is 2. The van der Waals surface area contributed by atoms with Gasteiger partial charge in [-0.2, -0.15) is 5.10 Å². The van der Waals surface area contributed by atoms with Gasteiger partial charge in [0.15, 0.2) is 0 Å². The Labute approximate surface area is 96.9 Å². The summed E-state index contributed by atoms with van der Waals surface area (Å²) in [5.41, 5.74) is 5.92. The van der Waals surface area contributed by atoms with E-state index in [1.165, 1.54) is 0 Å². The minimum absolute atomic E-state index is 0.334. The predicted octanol–water partition coefficient (Wildman–Crippen LogP) is 1.67. The molecule has 0 aliphatic carbocycles. The molecule has 0 spiro atoms. The summed E-state index contributed by atoms with van der Waals surface area (Å²) in [6.45, 7) is 3.85. The molecule has 1 aliphatic heterocycles. The van der Waals surface area contributed by atoms with Crippen molar-refractivity contribution in [2.45, 2.75) is 19.4 Å². The van der Waals surface area contributed by atoms with Crippen molar-refractivity contribution in [2.75, 3.05) is 18.9 Å². The average molecular weight is 307 g/mol. The van der Waals surface area contributed by atoms with Crippen molar-refractivity contribution >= 4 is 28.4 Å².